The first-order chi connectivity index (χ1) is 10.2. The monoisotopic (exact) mass is 285 g/mol. The van der Waals surface area contributed by atoms with E-state index in [9.17, 15) is 0 Å². The molecule has 1 aliphatic carbocycles. The molecule has 1 fully saturated rings. The van der Waals surface area contributed by atoms with Gasteiger partial charge in [0.25, 0.3) is 0 Å². The van der Waals surface area contributed by atoms with Crippen molar-refractivity contribution in [2.75, 3.05) is 7.05 Å². The molecule has 0 saturated heterocycles. The number of hydrogen-bond acceptors (Lipinski definition) is 4. The molecule has 1 N–H and O–H groups in total. The normalized spacial score (nSPS) is 14.8. The van der Waals surface area contributed by atoms with Crippen molar-refractivity contribution in [1.29, 1.82) is 0 Å². The number of aromatic nitrogens is 1. The Labute approximate surface area is 126 Å². The van der Waals surface area contributed by atoms with E-state index in [1.54, 1.807) is 6.26 Å². The summed E-state index contributed by atoms with van der Waals surface area (Å²) in [7, 11) is 2.11. The minimum absolute atomic E-state index is 0.724. The summed E-state index contributed by atoms with van der Waals surface area (Å²) in [6, 6.07) is 9.05. The molecule has 0 amide bonds. The summed E-state index contributed by atoms with van der Waals surface area (Å²) in [6.07, 6.45) is 4.37. The van der Waals surface area contributed by atoms with Crippen molar-refractivity contribution in [3.05, 3.63) is 53.2 Å². The van der Waals surface area contributed by atoms with Crippen LogP contribution in [0.5, 0.6) is 0 Å². The van der Waals surface area contributed by atoms with Crippen molar-refractivity contribution in [2.24, 2.45) is 0 Å². The second-order valence-corrected chi connectivity index (χ2v) is 5.95. The minimum Gasteiger partial charge on any atom is -0.469 e. The molecule has 2 aromatic heterocycles. The highest BCUT2D eigenvalue weighted by Gasteiger charge is 2.20. The van der Waals surface area contributed by atoms with Gasteiger partial charge in [0, 0.05) is 31.2 Å². The molecule has 0 aliphatic heterocycles. The predicted molar refractivity (Wildman–Crippen MR) is 82.7 cm³/mol. The van der Waals surface area contributed by atoms with Gasteiger partial charge in [-0.1, -0.05) is 6.07 Å². The van der Waals surface area contributed by atoms with E-state index in [4.69, 9.17) is 9.40 Å². The molecule has 0 aromatic carbocycles. The van der Waals surface area contributed by atoms with Crippen LogP contribution >= 0.6 is 0 Å². The molecule has 1 aliphatic rings. The summed E-state index contributed by atoms with van der Waals surface area (Å²) in [6.45, 7) is 4.62. The molecular weight excluding hydrogens is 262 g/mol. The summed E-state index contributed by atoms with van der Waals surface area (Å²) < 4.78 is 5.34. The second kappa shape index (κ2) is 6.41. The van der Waals surface area contributed by atoms with Crippen LogP contribution in [-0.4, -0.2) is 23.0 Å². The van der Waals surface area contributed by atoms with E-state index < -0.39 is 0 Å². The first kappa shape index (κ1) is 14.3. The van der Waals surface area contributed by atoms with E-state index in [2.05, 4.69) is 35.5 Å². The van der Waals surface area contributed by atoms with Crippen molar-refractivity contribution in [3.8, 4) is 0 Å². The van der Waals surface area contributed by atoms with Gasteiger partial charge in [0.05, 0.1) is 17.7 Å². The number of pyridine rings is 1. The van der Waals surface area contributed by atoms with Crippen LogP contribution in [0.1, 0.15) is 35.6 Å². The molecule has 1 saturated carbocycles. The van der Waals surface area contributed by atoms with Crippen LogP contribution in [0.4, 0.5) is 0 Å². The van der Waals surface area contributed by atoms with Gasteiger partial charge >= 0.3 is 0 Å². The smallest absolute Gasteiger partial charge is 0.105 e. The summed E-state index contributed by atoms with van der Waals surface area (Å²) in [5.41, 5.74) is 3.49. The molecule has 21 heavy (non-hydrogen) atoms. The zero-order valence-corrected chi connectivity index (χ0v) is 12.8. The first-order valence-electron chi connectivity index (χ1n) is 7.60. The van der Waals surface area contributed by atoms with Gasteiger partial charge in [0.15, 0.2) is 0 Å². The minimum atomic E-state index is 0.724. The highest BCUT2D eigenvalue weighted by molar-refractivity contribution is 5.16. The van der Waals surface area contributed by atoms with Gasteiger partial charge in [0.1, 0.15) is 5.76 Å². The molecule has 0 bridgehead atoms. The number of rotatable bonds is 7. The van der Waals surface area contributed by atoms with Gasteiger partial charge in [0.2, 0.25) is 0 Å². The first-order valence-corrected chi connectivity index (χ1v) is 7.60. The van der Waals surface area contributed by atoms with Crippen LogP contribution in [0.3, 0.4) is 0 Å². The molecular formula is C17H23N3O. The molecule has 0 atom stereocenters. The van der Waals surface area contributed by atoms with Gasteiger partial charge in [-0.15, -0.1) is 0 Å². The molecule has 2 heterocycles. The highest BCUT2D eigenvalue weighted by Crippen LogP contribution is 2.19. The van der Waals surface area contributed by atoms with E-state index in [-0.39, 0.29) is 0 Å². The van der Waals surface area contributed by atoms with Gasteiger partial charge < -0.3 is 9.73 Å². The lowest BCUT2D eigenvalue weighted by Gasteiger charge is -2.16. The molecule has 112 valence electrons. The van der Waals surface area contributed by atoms with Gasteiger partial charge in [-0.2, -0.15) is 0 Å². The van der Waals surface area contributed by atoms with Crippen molar-refractivity contribution < 1.29 is 4.42 Å². The number of aryl methyl sites for hydroxylation is 1. The van der Waals surface area contributed by atoms with Crippen molar-refractivity contribution in [3.63, 3.8) is 0 Å². The van der Waals surface area contributed by atoms with Gasteiger partial charge in [-0.3, -0.25) is 9.88 Å². The maximum atomic E-state index is 5.34. The maximum Gasteiger partial charge on any atom is 0.105 e. The van der Waals surface area contributed by atoms with Gasteiger partial charge in [-0.05, 0) is 45.0 Å². The van der Waals surface area contributed by atoms with E-state index in [1.807, 2.05) is 13.0 Å². The number of nitrogens with zero attached hydrogens (tertiary/aromatic N) is 2. The number of nitrogens with one attached hydrogen (secondary N) is 1. The highest BCUT2D eigenvalue weighted by atomic mass is 16.3. The van der Waals surface area contributed by atoms with Crippen LogP contribution in [0, 0.1) is 6.92 Å². The summed E-state index contributed by atoms with van der Waals surface area (Å²) in [4.78, 5) is 7.00. The fourth-order valence-corrected chi connectivity index (χ4v) is 2.45. The van der Waals surface area contributed by atoms with E-state index in [0.717, 1.165) is 42.8 Å². The van der Waals surface area contributed by atoms with Crippen molar-refractivity contribution >= 4 is 0 Å². The Hall–Kier alpha value is -1.65. The molecule has 4 heteroatoms. The third-order valence-electron chi connectivity index (χ3n) is 3.85. The lowest BCUT2D eigenvalue weighted by Crippen LogP contribution is -2.20. The summed E-state index contributed by atoms with van der Waals surface area (Å²) in [5.74, 6) is 0.997. The van der Waals surface area contributed by atoms with E-state index in [1.165, 1.54) is 18.4 Å². The second-order valence-electron chi connectivity index (χ2n) is 5.95. The standard InChI is InChI=1S/C17H23N3O/c1-13-14(8-9-21-13)11-20(2)12-17-5-3-4-16(19-17)10-18-15-6-7-15/h3-5,8-9,15,18H,6-7,10-12H2,1-2H3. The molecule has 0 radical (unpaired) electrons. The van der Waals surface area contributed by atoms with Crippen LogP contribution < -0.4 is 5.32 Å². The molecule has 0 unspecified atom stereocenters. The predicted octanol–water partition coefficient (Wildman–Crippen LogP) is 2.87. The molecule has 3 rings (SSSR count). The summed E-state index contributed by atoms with van der Waals surface area (Å²) >= 11 is 0. The Morgan fingerprint density at radius 1 is 1.24 bits per heavy atom. The van der Waals surface area contributed by atoms with E-state index >= 15 is 0 Å². The van der Waals surface area contributed by atoms with Crippen LogP contribution in [-0.2, 0) is 19.6 Å². The average molecular weight is 285 g/mol. The lowest BCUT2D eigenvalue weighted by atomic mass is 10.2. The third kappa shape index (κ3) is 4.16. The zero-order chi connectivity index (χ0) is 14.7. The Morgan fingerprint density at radius 2 is 2.05 bits per heavy atom. The van der Waals surface area contributed by atoms with Crippen molar-refractivity contribution in [1.82, 2.24) is 15.2 Å². The number of hydrogen-bond donors (Lipinski definition) is 1. The topological polar surface area (TPSA) is 41.3 Å². The van der Waals surface area contributed by atoms with Crippen LogP contribution in [0.15, 0.2) is 34.9 Å². The maximum absolute atomic E-state index is 5.34. The lowest BCUT2D eigenvalue weighted by molar-refractivity contribution is 0.312. The SMILES string of the molecule is Cc1occc1CN(C)Cc1cccc(CNC2CC2)n1. The largest absolute Gasteiger partial charge is 0.469 e. The molecule has 4 nitrogen and oxygen atoms in total. The third-order valence-corrected chi connectivity index (χ3v) is 3.85. The Kier molecular flexibility index (Phi) is 4.36. The van der Waals surface area contributed by atoms with Crippen LogP contribution in [0.25, 0.3) is 0 Å². The Bertz CT molecular complexity index is 589. The zero-order valence-electron chi connectivity index (χ0n) is 12.8. The van der Waals surface area contributed by atoms with E-state index in [0.29, 0.717) is 0 Å². The Balaban J connectivity index is 1.55. The Morgan fingerprint density at radius 3 is 2.76 bits per heavy atom. The summed E-state index contributed by atoms with van der Waals surface area (Å²) in [5, 5.41) is 3.51. The molecule has 2 aromatic rings. The number of furan rings is 1. The fraction of sp³-hybridized carbons (Fsp3) is 0.471. The van der Waals surface area contributed by atoms with Crippen molar-refractivity contribution in [2.45, 2.75) is 45.4 Å². The quantitative estimate of drug-likeness (QED) is 0.849. The molecule has 0 spiro atoms. The van der Waals surface area contributed by atoms with Gasteiger partial charge in [-0.25, -0.2) is 0 Å². The fourth-order valence-electron chi connectivity index (χ4n) is 2.45. The average Bonchev–Trinajstić information content (AvgIpc) is 3.21. The van der Waals surface area contributed by atoms with Crippen LogP contribution in [0.2, 0.25) is 0 Å².